The number of nitrogens with zero attached hydrogens (tertiary/aromatic N) is 4. The van der Waals surface area contributed by atoms with Crippen LogP contribution in [0, 0.1) is 0 Å². The molecule has 0 saturated carbocycles. The van der Waals surface area contributed by atoms with Crippen molar-refractivity contribution in [1.29, 1.82) is 0 Å². The molecular formula is C18H28N6O5. The first-order chi connectivity index (χ1) is 13.5. The molecule has 0 radical (unpaired) electrons. The van der Waals surface area contributed by atoms with E-state index in [0.717, 1.165) is 5.06 Å². The number of ether oxygens (including phenoxy) is 1. The SMILES string of the molecule is C=C(NC[C@H](C)c1nnc([C@@H]2CC[C@@H]3CN2C(=O)N3O)o1)NC(=O)OC(C)(C)C. The topological polar surface area (TPSA) is 133 Å². The van der Waals surface area contributed by atoms with Crippen LogP contribution in [0.4, 0.5) is 9.59 Å². The third kappa shape index (κ3) is 4.78. The first-order valence-corrected chi connectivity index (χ1v) is 9.60. The highest BCUT2D eigenvalue weighted by molar-refractivity contribution is 5.76. The van der Waals surface area contributed by atoms with Crippen molar-refractivity contribution >= 4 is 12.1 Å². The summed E-state index contributed by atoms with van der Waals surface area (Å²) in [6.45, 7) is 11.8. The zero-order valence-electron chi connectivity index (χ0n) is 17.1. The van der Waals surface area contributed by atoms with Gasteiger partial charge in [-0.25, -0.2) is 14.7 Å². The smallest absolute Gasteiger partial charge is 0.413 e. The van der Waals surface area contributed by atoms with Gasteiger partial charge in [0.1, 0.15) is 17.5 Å². The lowest BCUT2D eigenvalue weighted by Crippen LogP contribution is -2.36. The van der Waals surface area contributed by atoms with Crippen LogP contribution in [0.2, 0.25) is 0 Å². The van der Waals surface area contributed by atoms with Crippen LogP contribution < -0.4 is 10.6 Å². The van der Waals surface area contributed by atoms with E-state index in [1.165, 1.54) is 0 Å². The highest BCUT2D eigenvalue weighted by atomic mass is 16.6. The second-order valence-electron chi connectivity index (χ2n) is 8.39. The number of hydroxylamine groups is 2. The van der Waals surface area contributed by atoms with Crippen molar-refractivity contribution in [1.82, 2.24) is 30.8 Å². The van der Waals surface area contributed by atoms with Gasteiger partial charge in [-0.15, -0.1) is 10.2 Å². The first kappa shape index (κ1) is 20.9. The summed E-state index contributed by atoms with van der Waals surface area (Å²) in [6, 6.07) is -0.939. The molecule has 11 nitrogen and oxygen atoms in total. The summed E-state index contributed by atoms with van der Waals surface area (Å²) in [5, 5.41) is 24.3. The molecule has 2 saturated heterocycles. The Bertz CT molecular complexity index is 788. The van der Waals surface area contributed by atoms with Crippen LogP contribution in [0.25, 0.3) is 0 Å². The van der Waals surface area contributed by atoms with Gasteiger partial charge in [-0.1, -0.05) is 13.5 Å². The van der Waals surface area contributed by atoms with E-state index in [0.29, 0.717) is 43.5 Å². The van der Waals surface area contributed by atoms with Crippen LogP contribution in [-0.4, -0.2) is 62.2 Å². The quantitative estimate of drug-likeness (QED) is 0.610. The van der Waals surface area contributed by atoms with Crippen LogP contribution in [0.3, 0.4) is 0 Å². The number of rotatable bonds is 6. The van der Waals surface area contributed by atoms with Gasteiger partial charge in [0.15, 0.2) is 0 Å². The standard InChI is InChI=1S/C18H28N6O5/c1-10(8-19-11(2)20-16(25)29-18(3,4)5)14-21-22-15(28-14)13-7-6-12-9-23(13)17(26)24(12)27/h10,12-13,19,27H,2,6-9H2,1,3-5H3,(H,20,25)/t10-,12+,13-/m0/s1. The number of carbonyl (C=O) groups is 2. The number of urea groups is 1. The summed E-state index contributed by atoms with van der Waals surface area (Å²) >= 11 is 0. The Morgan fingerprint density at radius 3 is 2.83 bits per heavy atom. The van der Waals surface area contributed by atoms with E-state index >= 15 is 0 Å². The van der Waals surface area contributed by atoms with Crippen molar-refractivity contribution in [3.8, 4) is 0 Å². The van der Waals surface area contributed by atoms with Gasteiger partial charge in [-0.3, -0.25) is 10.5 Å². The lowest BCUT2D eigenvalue weighted by Gasteiger charge is -2.27. The van der Waals surface area contributed by atoms with Crippen molar-refractivity contribution in [3.63, 3.8) is 0 Å². The van der Waals surface area contributed by atoms with E-state index in [-0.39, 0.29) is 18.0 Å². The van der Waals surface area contributed by atoms with Gasteiger partial charge in [0.2, 0.25) is 11.8 Å². The summed E-state index contributed by atoms with van der Waals surface area (Å²) in [5.74, 6) is 0.912. The van der Waals surface area contributed by atoms with E-state index in [4.69, 9.17) is 9.15 Å². The van der Waals surface area contributed by atoms with Crippen LogP contribution >= 0.6 is 0 Å². The van der Waals surface area contributed by atoms with Gasteiger partial charge >= 0.3 is 12.1 Å². The molecule has 3 heterocycles. The Morgan fingerprint density at radius 2 is 2.14 bits per heavy atom. The van der Waals surface area contributed by atoms with Gasteiger partial charge in [0.05, 0.1) is 12.0 Å². The van der Waals surface area contributed by atoms with Gasteiger partial charge in [0.25, 0.3) is 0 Å². The molecule has 160 valence electrons. The molecule has 3 rings (SSSR count). The molecule has 3 amide bonds. The van der Waals surface area contributed by atoms with E-state index < -0.39 is 17.7 Å². The number of carbonyl (C=O) groups excluding carboxylic acids is 2. The number of nitrogens with one attached hydrogen (secondary N) is 2. The number of amides is 3. The second-order valence-corrected chi connectivity index (χ2v) is 8.39. The molecule has 11 heteroatoms. The minimum atomic E-state index is -0.596. The lowest BCUT2D eigenvalue weighted by atomic mass is 10.0. The maximum Gasteiger partial charge on any atom is 0.413 e. The van der Waals surface area contributed by atoms with Crippen molar-refractivity contribution in [3.05, 3.63) is 24.2 Å². The lowest BCUT2D eigenvalue weighted by molar-refractivity contribution is -0.0584. The molecule has 1 aromatic heterocycles. The van der Waals surface area contributed by atoms with Gasteiger partial charge in [-0.2, -0.15) is 0 Å². The third-order valence-corrected chi connectivity index (χ3v) is 4.78. The monoisotopic (exact) mass is 408 g/mol. The molecule has 29 heavy (non-hydrogen) atoms. The fraction of sp³-hybridized carbons (Fsp3) is 0.667. The number of hydrogen-bond acceptors (Lipinski definition) is 8. The molecule has 0 unspecified atom stereocenters. The number of hydrogen-bond donors (Lipinski definition) is 3. The zero-order chi connectivity index (χ0) is 21.3. The minimum absolute atomic E-state index is 0.159. The Morgan fingerprint density at radius 1 is 1.41 bits per heavy atom. The number of fused-ring (bicyclic) bond motifs is 2. The fourth-order valence-corrected chi connectivity index (χ4v) is 3.32. The minimum Gasteiger partial charge on any atom is -0.444 e. The van der Waals surface area contributed by atoms with Crippen molar-refractivity contribution in [2.24, 2.45) is 0 Å². The number of piperidine rings is 1. The molecule has 2 aliphatic rings. The van der Waals surface area contributed by atoms with Crippen LogP contribution in [0.15, 0.2) is 16.8 Å². The van der Waals surface area contributed by atoms with Gasteiger partial charge in [0, 0.05) is 13.1 Å². The highest BCUT2D eigenvalue weighted by Gasteiger charge is 2.46. The molecule has 2 bridgehead atoms. The largest absolute Gasteiger partial charge is 0.444 e. The Labute approximate surface area is 169 Å². The molecule has 0 aliphatic carbocycles. The van der Waals surface area contributed by atoms with Gasteiger partial charge in [-0.05, 0) is 33.6 Å². The Balaban J connectivity index is 1.52. The Kier molecular flexibility index (Phi) is 5.69. The maximum absolute atomic E-state index is 12.1. The number of alkyl carbamates (subject to hydrolysis) is 1. The second kappa shape index (κ2) is 7.90. The normalized spacial score (nSPS) is 22.4. The van der Waals surface area contributed by atoms with Crippen molar-refractivity contribution in [2.45, 2.75) is 64.1 Å². The average Bonchev–Trinajstić information content (AvgIpc) is 3.19. The van der Waals surface area contributed by atoms with Crippen molar-refractivity contribution in [2.75, 3.05) is 13.1 Å². The van der Waals surface area contributed by atoms with E-state index in [1.807, 2.05) is 6.92 Å². The summed E-state index contributed by atoms with van der Waals surface area (Å²) < 4.78 is 11.0. The molecular weight excluding hydrogens is 380 g/mol. The van der Waals surface area contributed by atoms with Crippen LogP contribution in [-0.2, 0) is 4.74 Å². The predicted molar refractivity (Wildman–Crippen MR) is 101 cm³/mol. The van der Waals surface area contributed by atoms with Crippen molar-refractivity contribution < 1.29 is 24.0 Å². The van der Waals surface area contributed by atoms with E-state index in [9.17, 15) is 14.8 Å². The average molecular weight is 408 g/mol. The summed E-state index contributed by atoms with van der Waals surface area (Å²) in [5.41, 5.74) is -0.596. The maximum atomic E-state index is 12.1. The molecule has 3 N–H and O–H groups in total. The summed E-state index contributed by atoms with van der Waals surface area (Å²) in [7, 11) is 0. The molecule has 3 atom stereocenters. The first-order valence-electron chi connectivity index (χ1n) is 9.60. The molecule has 0 aromatic carbocycles. The van der Waals surface area contributed by atoms with Gasteiger partial charge < -0.3 is 19.4 Å². The van der Waals surface area contributed by atoms with Crippen LogP contribution in [0.1, 0.15) is 64.3 Å². The summed E-state index contributed by atoms with van der Waals surface area (Å²) in [6.07, 6.45) is 0.735. The van der Waals surface area contributed by atoms with E-state index in [1.54, 1.807) is 25.7 Å². The highest BCUT2D eigenvalue weighted by Crippen LogP contribution is 2.37. The number of aromatic nitrogens is 2. The third-order valence-electron chi connectivity index (χ3n) is 4.78. The molecule has 1 aromatic rings. The van der Waals surface area contributed by atoms with E-state index in [2.05, 4.69) is 27.4 Å². The molecule has 2 fully saturated rings. The van der Waals surface area contributed by atoms with Crippen LogP contribution in [0.5, 0.6) is 0 Å². The molecule has 2 aliphatic heterocycles. The summed E-state index contributed by atoms with van der Waals surface area (Å²) in [4.78, 5) is 25.4. The zero-order valence-corrected chi connectivity index (χ0v) is 17.1. The molecule has 0 spiro atoms. The fourth-order valence-electron chi connectivity index (χ4n) is 3.32. The Hall–Kier alpha value is -2.82. The predicted octanol–water partition coefficient (Wildman–Crippen LogP) is 2.09.